The zero-order valence-corrected chi connectivity index (χ0v) is 18.6. The van der Waals surface area contributed by atoms with E-state index in [1.807, 2.05) is 36.4 Å². The van der Waals surface area contributed by atoms with Crippen molar-refractivity contribution in [1.82, 2.24) is 15.0 Å². The van der Waals surface area contributed by atoms with Crippen molar-refractivity contribution in [2.45, 2.75) is 6.54 Å². The maximum absolute atomic E-state index is 5.42. The van der Waals surface area contributed by atoms with Crippen molar-refractivity contribution in [3.8, 4) is 28.3 Å². The zero-order chi connectivity index (χ0) is 22.6. The molecule has 5 rings (SSSR count). The lowest BCUT2D eigenvalue weighted by Crippen LogP contribution is -2.18. The van der Waals surface area contributed by atoms with E-state index in [4.69, 9.17) is 14.7 Å². The third kappa shape index (κ3) is 4.39. The van der Waals surface area contributed by atoms with E-state index in [0.29, 0.717) is 5.82 Å². The molecule has 0 aliphatic heterocycles. The lowest BCUT2D eigenvalue weighted by molar-refractivity contribution is 0.415. The fraction of sp³-hybridized carbons (Fsp3) is 0.107. The molecule has 0 amide bonds. The molecule has 2 heterocycles. The van der Waals surface area contributed by atoms with E-state index in [0.717, 1.165) is 45.7 Å². The van der Waals surface area contributed by atoms with Gasteiger partial charge in [-0.2, -0.15) is 0 Å². The number of pyridine rings is 1. The van der Waals surface area contributed by atoms with Crippen LogP contribution in [0.3, 0.4) is 0 Å². The Morgan fingerprint density at radius 2 is 1.61 bits per heavy atom. The van der Waals surface area contributed by atoms with Crippen molar-refractivity contribution < 1.29 is 4.74 Å². The Balaban J connectivity index is 1.65. The Kier molecular flexibility index (Phi) is 5.68. The standard InChI is InChI=1S/C28H24N4O/c1-32(19-20-8-4-3-5-9-20)28-25-17-22(21-10-6-12-24(16-21)33-2)13-14-26(25)30-27(31-28)23-11-7-15-29-18-23/h3-18H,19H2,1-2H3. The van der Waals surface area contributed by atoms with Gasteiger partial charge in [0.25, 0.3) is 0 Å². The Labute approximate surface area is 193 Å². The number of hydrogen-bond acceptors (Lipinski definition) is 5. The molecule has 2 aromatic heterocycles. The molecule has 5 aromatic rings. The number of methoxy groups -OCH3 is 1. The third-order valence-electron chi connectivity index (χ3n) is 5.62. The highest BCUT2D eigenvalue weighted by molar-refractivity contribution is 5.94. The summed E-state index contributed by atoms with van der Waals surface area (Å²) >= 11 is 0. The fourth-order valence-electron chi connectivity index (χ4n) is 3.94. The van der Waals surface area contributed by atoms with E-state index in [9.17, 15) is 0 Å². The van der Waals surface area contributed by atoms with E-state index in [1.165, 1.54) is 5.56 Å². The lowest BCUT2D eigenvalue weighted by atomic mass is 10.0. The minimum absolute atomic E-state index is 0.666. The van der Waals surface area contributed by atoms with Crippen LogP contribution in [0.2, 0.25) is 0 Å². The molecule has 0 spiro atoms. The van der Waals surface area contributed by atoms with Crippen molar-refractivity contribution in [3.63, 3.8) is 0 Å². The van der Waals surface area contributed by atoms with Gasteiger partial charge in [0.15, 0.2) is 5.82 Å². The molecule has 0 aliphatic rings. The second-order valence-electron chi connectivity index (χ2n) is 7.92. The molecule has 0 aliphatic carbocycles. The molecule has 0 saturated carbocycles. The predicted molar refractivity (Wildman–Crippen MR) is 133 cm³/mol. The molecule has 0 saturated heterocycles. The van der Waals surface area contributed by atoms with Crippen LogP contribution in [0, 0.1) is 0 Å². The maximum atomic E-state index is 5.42. The molecule has 5 heteroatoms. The molecule has 33 heavy (non-hydrogen) atoms. The number of benzene rings is 3. The summed E-state index contributed by atoms with van der Waals surface area (Å²) in [6, 6.07) is 28.7. The first-order valence-electron chi connectivity index (χ1n) is 10.8. The summed E-state index contributed by atoms with van der Waals surface area (Å²) in [6.07, 6.45) is 3.56. The number of ether oxygens (including phenoxy) is 1. The Hall–Kier alpha value is -4.25. The largest absolute Gasteiger partial charge is 0.497 e. The predicted octanol–water partition coefficient (Wildman–Crippen LogP) is 6.00. The van der Waals surface area contributed by atoms with Crippen molar-refractivity contribution in [3.05, 3.63) is 103 Å². The molecule has 0 atom stereocenters. The van der Waals surface area contributed by atoms with Crippen molar-refractivity contribution in [2.24, 2.45) is 0 Å². The molecule has 0 fully saturated rings. The molecule has 3 aromatic carbocycles. The Morgan fingerprint density at radius 3 is 2.39 bits per heavy atom. The Morgan fingerprint density at radius 1 is 0.788 bits per heavy atom. The molecule has 5 nitrogen and oxygen atoms in total. The second-order valence-corrected chi connectivity index (χ2v) is 7.92. The molecule has 0 unspecified atom stereocenters. The second kappa shape index (κ2) is 9.09. The first-order chi connectivity index (χ1) is 16.2. The monoisotopic (exact) mass is 432 g/mol. The highest BCUT2D eigenvalue weighted by Gasteiger charge is 2.15. The van der Waals surface area contributed by atoms with Crippen LogP contribution in [0.15, 0.2) is 97.3 Å². The summed E-state index contributed by atoms with van der Waals surface area (Å²) in [5.74, 6) is 2.38. The molecule has 0 bridgehead atoms. The average Bonchev–Trinajstić information content (AvgIpc) is 2.89. The maximum Gasteiger partial charge on any atom is 0.163 e. The summed E-state index contributed by atoms with van der Waals surface area (Å²) in [5.41, 5.74) is 5.19. The van der Waals surface area contributed by atoms with Crippen LogP contribution in [-0.4, -0.2) is 29.1 Å². The van der Waals surface area contributed by atoms with E-state index >= 15 is 0 Å². The number of rotatable bonds is 6. The third-order valence-corrected chi connectivity index (χ3v) is 5.62. The van der Waals surface area contributed by atoms with Gasteiger partial charge in [-0.1, -0.05) is 48.5 Å². The van der Waals surface area contributed by atoms with Crippen LogP contribution in [0.1, 0.15) is 5.56 Å². The quantitative estimate of drug-likeness (QED) is 0.329. The van der Waals surface area contributed by atoms with Gasteiger partial charge in [0.1, 0.15) is 11.6 Å². The van der Waals surface area contributed by atoms with Crippen molar-refractivity contribution in [1.29, 1.82) is 0 Å². The van der Waals surface area contributed by atoms with Gasteiger partial charge in [-0.3, -0.25) is 4.98 Å². The molecular formula is C28H24N4O. The number of anilines is 1. The topological polar surface area (TPSA) is 51.1 Å². The smallest absolute Gasteiger partial charge is 0.163 e. The van der Waals surface area contributed by atoms with Gasteiger partial charge >= 0.3 is 0 Å². The van der Waals surface area contributed by atoms with Gasteiger partial charge in [-0.05, 0) is 53.1 Å². The molecule has 0 radical (unpaired) electrons. The summed E-state index contributed by atoms with van der Waals surface area (Å²) in [7, 11) is 3.75. The average molecular weight is 433 g/mol. The molecular weight excluding hydrogens is 408 g/mol. The Bertz CT molecular complexity index is 1390. The summed E-state index contributed by atoms with van der Waals surface area (Å²) in [4.78, 5) is 16.3. The normalized spacial score (nSPS) is 10.8. The minimum atomic E-state index is 0.666. The van der Waals surface area contributed by atoms with Gasteiger partial charge < -0.3 is 9.64 Å². The van der Waals surface area contributed by atoms with Crippen molar-refractivity contribution in [2.75, 3.05) is 19.1 Å². The summed E-state index contributed by atoms with van der Waals surface area (Å²) in [6.45, 7) is 0.739. The molecule has 0 N–H and O–H groups in total. The van der Waals surface area contributed by atoms with Crippen LogP contribution in [0.4, 0.5) is 5.82 Å². The van der Waals surface area contributed by atoms with E-state index in [2.05, 4.69) is 65.5 Å². The van der Waals surface area contributed by atoms with E-state index < -0.39 is 0 Å². The summed E-state index contributed by atoms with van der Waals surface area (Å²) < 4.78 is 5.42. The van der Waals surface area contributed by atoms with Gasteiger partial charge in [-0.25, -0.2) is 9.97 Å². The van der Waals surface area contributed by atoms with Crippen LogP contribution < -0.4 is 9.64 Å². The molecule has 162 valence electrons. The van der Waals surface area contributed by atoms with E-state index in [-0.39, 0.29) is 0 Å². The van der Waals surface area contributed by atoms with Crippen LogP contribution in [0.25, 0.3) is 33.4 Å². The number of fused-ring (bicyclic) bond motifs is 1. The fourth-order valence-corrected chi connectivity index (χ4v) is 3.94. The highest BCUT2D eigenvalue weighted by Crippen LogP contribution is 2.32. The minimum Gasteiger partial charge on any atom is -0.497 e. The van der Waals surface area contributed by atoms with Gasteiger partial charge in [0, 0.05) is 36.9 Å². The zero-order valence-electron chi connectivity index (χ0n) is 18.6. The number of nitrogens with zero attached hydrogens (tertiary/aromatic N) is 4. The van der Waals surface area contributed by atoms with Gasteiger partial charge in [0.05, 0.1) is 12.6 Å². The van der Waals surface area contributed by atoms with Crippen molar-refractivity contribution >= 4 is 16.7 Å². The van der Waals surface area contributed by atoms with Crippen LogP contribution >= 0.6 is 0 Å². The van der Waals surface area contributed by atoms with Gasteiger partial charge in [0.2, 0.25) is 0 Å². The lowest BCUT2D eigenvalue weighted by Gasteiger charge is -2.21. The summed E-state index contributed by atoms with van der Waals surface area (Å²) in [5, 5.41) is 1.00. The first-order valence-corrected chi connectivity index (χ1v) is 10.8. The highest BCUT2D eigenvalue weighted by atomic mass is 16.5. The first kappa shape index (κ1) is 20.6. The van der Waals surface area contributed by atoms with Crippen LogP contribution in [0.5, 0.6) is 5.75 Å². The number of hydrogen-bond donors (Lipinski definition) is 0. The SMILES string of the molecule is COc1cccc(-c2ccc3nc(-c4cccnc4)nc(N(C)Cc4ccccc4)c3c2)c1. The van der Waals surface area contributed by atoms with E-state index in [1.54, 1.807) is 19.5 Å². The van der Waals surface area contributed by atoms with Gasteiger partial charge in [-0.15, -0.1) is 0 Å². The van der Waals surface area contributed by atoms with Crippen LogP contribution in [-0.2, 0) is 6.54 Å². The number of aromatic nitrogens is 3.